The van der Waals surface area contributed by atoms with Crippen molar-refractivity contribution in [2.24, 2.45) is 0 Å². The van der Waals surface area contributed by atoms with Crippen LogP contribution >= 0.6 is 11.3 Å². The number of carbonyl (C=O) groups is 1. The third-order valence-electron chi connectivity index (χ3n) is 3.84. The fourth-order valence-corrected chi connectivity index (χ4v) is 3.54. The van der Waals surface area contributed by atoms with Crippen LogP contribution in [0.1, 0.15) is 23.7 Å². The van der Waals surface area contributed by atoms with Gasteiger partial charge in [-0.15, -0.1) is 21.5 Å². The van der Waals surface area contributed by atoms with Gasteiger partial charge in [-0.05, 0) is 24.6 Å². The number of carboxylic acids is 1. The summed E-state index contributed by atoms with van der Waals surface area (Å²) in [5.74, 6) is -0.535. The molecule has 0 fully saturated rings. The number of carboxylic acid groups (broad SMARTS) is 1. The molecule has 1 N–H and O–H groups in total. The molecule has 0 saturated carbocycles. The van der Waals surface area contributed by atoms with E-state index in [1.54, 1.807) is 11.3 Å². The zero-order valence-electron chi connectivity index (χ0n) is 13.9. The molecule has 0 saturated heterocycles. The Morgan fingerprint density at radius 3 is 2.88 bits per heavy atom. The van der Waals surface area contributed by atoms with Crippen LogP contribution in [0.5, 0.6) is 0 Å². The molecule has 4 rings (SSSR count). The maximum Gasteiger partial charge on any atom is 0.312 e. The minimum Gasteiger partial charge on any atom is -0.481 e. The molecule has 0 amide bonds. The monoisotopic (exact) mass is 369 g/mol. The summed E-state index contributed by atoms with van der Waals surface area (Å²) in [7, 11) is 0. The number of fused-ring (bicyclic) bond motifs is 1. The van der Waals surface area contributed by atoms with Crippen LogP contribution in [0.25, 0.3) is 21.3 Å². The summed E-state index contributed by atoms with van der Waals surface area (Å²) >= 11 is 1.55. The molecule has 4 aromatic rings. The summed E-state index contributed by atoms with van der Waals surface area (Å²) < 4.78 is 8.31. The van der Waals surface area contributed by atoms with Crippen molar-refractivity contribution in [3.05, 3.63) is 47.4 Å². The van der Waals surface area contributed by atoms with Gasteiger partial charge in [-0.25, -0.2) is 4.98 Å². The molecule has 3 aromatic heterocycles. The Bertz CT molecular complexity index is 1080. The Labute approximate surface area is 152 Å². The molecule has 26 heavy (non-hydrogen) atoms. The maximum absolute atomic E-state index is 10.7. The minimum atomic E-state index is -1.00. The van der Waals surface area contributed by atoms with Crippen LogP contribution in [0.15, 0.2) is 35.0 Å². The zero-order valence-corrected chi connectivity index (χ0v) is 14.7. The second kappa shape index (κ2) is 6.68. The summed E-state index contributed by atoms with van der Waals surface area (Å²) in [6.45, 7) is 2.88. The van der Waals surface area contributed by atoms with Crippen molar-refractivity contribution in [1.29, 1.82) is 0 Å². The Kier molecular flexibility index (Phi) is 4.21. The van der Waals surface area contributed by atoms with Crippen LogP contribution in [0.4, 0.5) is 0 Å². The fraction of sp³-hybridized carbons (Fsp3) is 0.235. The number of aliphatic carboxylic acids is 1. The quantitative estimate of drug-likeness (QED) is 0.557. The van der Waals surface area contributed by atoms with E-state index in [0.717, 1.165) is 32.9 Å². The van der Waals surface area contributed by atoms with Crippen LogP contribution in [-0.4, -0.2) is 36.0 Å². The van der Waals surface area contributed by atoms with Gasteiger partial charge in [-0.1, -0.05) is 6.07 Å². The zero-order chi connectivity index (χ0) is 18.1. The summed E-state index contributed by atoms with van der Waals surface area (Å²) in [6, 6.07) is 6.13. The Morgan fingerprint density at radius 1 is 1.27 bits per heavy atom. The summed E-state index contributed by atoms with van der Waals surface area (Å²) in [6.07, 6.45) is 3.97. The Balaban J connectivity index is 1.57. The van der Waals surface area contributed by atoms with E-state index in [-0.39, 0.29) is 12.3 Å². The molecular formula is C17H15N5O3S. The number of aromatic nitrogens is 5. The lowest BCUT2D eigenvalue weighted by Crippen LogP contribution is -1.99. The summed E-state index contributed by atoms with van der Waals surface area (Å²) in [5.41, 5.74) is 3.02. The van der Waals surface area contributed by atoms with E-state index in [9.17, 15) is 4.79 Å². The first-order chi connectivity index (χ1) is 12.6. The highest BCUT2D eigenvalue weighted by atomic mass is 32.1. The van der Waals surface area contributed by atoms with Crippen LogP contribution in [-0.2, 0) is 24.2 Å². The van der Waals surface area contributed by atoms with Crippen LogP contribution in [0.2, 0.25) is 0 Å². The minimum absolute atomic E-state index is 0.101. The number of aryl methyl sites for hydroxylation is 1. The van der Waals surface area contributed by atoms with Gasteiger partial charge in [0.25, 0.3) is 0 Å². The number of nitrogens with zero attached hydrogens (tertiary/aromatic N) is 5. The molecule has 0 aliphatic heterocycles. The smallest absolute Gasteiger partial charge is 0.312 e. The molecule has 0 bridgehead atoms. The van der Waals surface area contributed by atoms with Gasteiger partial charge in [0.05, 0.1) is 22.8 Å². The standard InChI is InChI=1S/C17H15N5O3S/c1-2-22-9-11(8-18-22)10-3-4-13-12(5-10)19-16(26-13)6-14-20-21-15(25-14)7-17(23)24/h3-5,8-9H,2,6-7H2,1H3,(H,23,24). The third kappa shape index (κ3) is 3.33. The van der Waals surface area contributed by atoms with Crippen molar-refractivity contribution in [2.75, 3.05) is 0 Å². The van der Waals surface area contributed by atoms with Crippen molar-refractivity contribution < 1.29 is 14.3 Å². The first-order valence-electron chi connectivity index (χ1n) is 8.06. The van der Waals surface area contributed by atoms with Gasteiger partial charge in [0, 0.05) is 18.3 Å². The van der Waals surface area contributed by atoms with Crippen molar-refractivity contribution in [1.82, 2.24) is 25.0 Å². The van der Waals surface area contributed by atoms with Crippen LogP contribution < -0.4 is 0 Å². The molecule has 9 heteroatoms. The lowest BCUT2D eigenvalue weighted by molar-refractivity contribution is -0.136. The van der Waals surface area contributed by atoms with Crippen LogP contribution in [0, 0.1) is 0 Å². The van der Waals surface area contributed by atoms with E-state index in [2.05, 4.69) is 26.3 Å². The average Bonchev–Trinajstić information content (AvgIpc) is 3.32. The van der Waals surface area contributed by atoms with Gasteiger partial charge in [0.15, 0.2) is 0 Å². The largest absolute Gasteiger partial charge is 0.481 e. The molecule has 0 atom stereocenters. The van der Waals surface area contributed by atoms with Gasteiger partial charge in [0.1, 0.15) is 11.4 Å². The van der Waals surface area contributed by atoms with Gasteiger partial charge < -0.3 is 9.52 Å². The average molecular weight is 369 g/mol. The fourth-order valence-electron chi connectivity index (χ4n) is 2.61. The SMILES string of the molecule is CCn1cc(-c2ccc3sc(Cc4nnc(CC(=O)O)o4)nc3c2)cn1. The van der Waals surface area contributed by atoms with E-state index < -0.39 is 5.97 Å². The van der Waals surface area contributed by atoms with Crippen molar-refractivity contribution in [2.45, 2.75) is 26.3 Å². The molecule has 0 radical (unpaired) electrons. The van der Waals surface area contributed by atoms with Gasteiger partial charge in [0.2, 0.25) is 11.8 Å². The first-order valence-corrected chi connectivity index (χ1v) is 8.87. The molecule has 0 unspecified atom stereocenters. The van der Waals surface area contributed by atoms with Crippen molar-refractivity contribution in [3.63, 3.8) is 0 Å². The molecular weight excluding hydrogens is 354 g/mol. The highest BCUT2D eigenvalue weighted by Gasteiger charge is 2.13. The summed E-state index contributed by atoms with van der Waals surface area (Å²) in [5, 5.41) is 21.5. The van der Waals surface area contributed by atoms with Crippen molar-refractivity contribution in [3.8, 4) is 11.1 Å². The van der Waals surface area contributed by atoms with Gasteiger partial charge in [-0.3, -0.25) is 9.48 Å². The molecule has 0 aliphatic rings. The topological polar surface area (TPSA) is 107 Å². The molecule has 8 nitrogen and oxygen atoms in total. The second-order valence-corrected chi connectivity index (χ2v) is 6.83. The lowest BCUT2D eigenvalue weighted by atomic mass is 10.1. The maximum atomic E-state index is 10.7. The molecule has 132 valence electrons. The molecule has 1 aromatic carbocycles. The molecule has 0 spiro atoms. The van der Waals surface area contributed by atoms with Gasteiger partial charge in [-0.2, -0.15) is 5.10 Å². The highest BCUT2D eigenvalue weighted by Crippen LogP contribution is 2.28. The predicted molar refractivity (Wildman–Crippen MR) is 95.0 cm³/mol. The van der Waals surface area contributed by atoms with E-state index >= 15 is 0 Å². The predicted octanol–water partition coefficient (Wildman–Crippen LogP) is 2.78. The second-order valence-electron chi connectivity index (χ2n) is 5.71. The number of thiazole rings is 1. The highest BCUT2D eigenvalue weighted by molar-refractivity contribution is 7.18. The molecule has 0 aliphatic carbocycles. The Hall–Kier alpha value is -3.07. The number of benzene rings is 1. The first kappa shape index (κ1) is 16.4. The van der Waals surface area contributed by atoms with Crippen LogP contribution in [0.3, 0.4) is 0 Å². The Morgan fingerprint density at radius 2 is 2.12 bits per heavy atom. The van der Waals surface area contributed by atoms with E-state index in [0.29, 0.717) is 12.3 Å². The lowest BCUT2D eigenvalue weighted by Gasteiger charge is -1.96. The number of rotatable bonds is 6. The molecule has 3 heterocycles. The van der Waals surface area contributed by atoms with E-state index in [1.807, 2.05) is 36.1 Å². The third-order valence-corrected chi connectivity index (χ3v) is 4.87. The van der Waals surface area contributed by atoms with Gasteiger partial charge >= 0.3 is 5.97 Å². The normalized spacial score (nSPS) is 11.3. The van der Waals surface area contributed by atoms with E-state index in [4.69, 9.17) is 9.52 Å². The number of hydrogen-bond donors (Lipinski definition) is 1. The number of hydrogen-bond acceptors (Lipinski definition) is 7. The van der Waals surface area contributed by atoms with Crippen molar-refractivity contribution >= 4 is 27.5 Å². The summed E-state index contributed by atoms with van der Waals surface area (Å²) in [4.78, 5) is 15.3. The van der Waals surface area contributed by atoms with E-state index in [1.165, 1.54) is 0 Å².